The summed E-state index contributed by atoms with van der Waals surface area (Å²) < 4.78 is 2.11. The lowest BCUT2D eigenvalue weighted by Gasteiger charge is -2.24. The smallest absolute Gasteiger partial charge is 0.272 e. The molecule has 0 radical (unpaired) electrons. The Bertz CT molecular complexity index is 1000. The van der Waals surface area contributed by atoms with Crippen LogP contribution in [0.25, 0.3) is 10.8 Å². The standard InChI is InChI=1S/C18H19N5O2/c1-11-9-23-10-12(6-7-16(23)19-11)20-17(24)8-15-13-4-2-3-5-14(13)18(25)22-21-15/h2-5,9,12H,6-8,10H2,1H3,(H,20,24)(H,22,25)/t12-/m1/s1. The molecule has 3 aromatic rings. The third-order valence-electron chi connectivity index (χ3n) is 4.58. The second-order valence-corrected chi connectivity index (χ2v) is 6.48. The van der Waals surface area contributed by atoms with E-state index < -0.39 is 0 Å². The van der Waals surface area contributed by atoms with E-state index in [-0.39, 0.29) is 23.9 Å². The molecule has 0 fully saturated rings. The van der Waals surface area contributed by atoms with E-state index in [1.165, 1.54) is 0 Å². The minimum atomic E-state index is -0.241. The predicted octanol–water partition coefficient (Wildman–Crippen LogP) is 1.10. The van der Waals surface area contributed by atoms with Gasteiger partial charge in [0.2, 0.25) is 5.91 Å². The molecular weight excluding hydrogens is 318 g/mol. The van der Waals surface area contributed by atoms with Crippen molar-refractivity contribution in [3.8, 4) is 0 Å². The van der Waals surface area contributed by atoms with Crippen molar-refractivity contribution in [2.24, 2.45) is 0 Å². The van der Waals surface area contributed by atoms with E-state index in [0.29, 0.717) is 11.1 Å². The summed E-state index contributed by atoms with van der Waals surface area (Å²) in [5.74, 6) is 0.992. The Morgan fingerprint density at radius 2 is 2.16 bits per heavy atom. The van der Waals surface area contributed by atoms with Crippen LogP contribution in [-0.2, 0) is 24.2 Å². The number of hydrogen-bond donors (Lipinski definition) is 2. The van der Waals surface area contributed by atoms with Gasteiger partial charge in [0.1, 0.15) is 5.82 Å². The van der Waals surface area contributed by atoms with Gasteiger partial charge in [-0.25, -0.2) is 10.1 Å². The lowest BCUT2D eigenvalue weighted by molar-refractivity contribution is -0.121. The molecule has 7 heteroatoms. The third-order valence-corrected chi connectivity index (χ3v) is 4.58. The summed E-state index contributed by atoms with van der Waals surface area (Å²) in [5.41, 5.74) is 1.35. The lowest BCUT2D eigenvalue weighted by Crippen LogP contribution is -2.41. The summed E-state index contributed by atoms with van der Waals surface area (Å²) in [6, 6.07) is 7.29. The highest BCUT2D eigenvalue weighted by Gasteiger charge is 2.21. The number of fused-ring (bicyclic) bond motifs is 2. The Hall–Kier alpha value is -2.96. The lowest BCUT2D eigenvalue weighted by atomic mass is 10.1. The van der Waals surface area contributed by atoms with Crippen LogP contribution in [-0.4, -0.2) is 31.7 Å². The van der Waals surface area contributed by atoms with Gasteiger partial charge < -0.3 is 9.88 Å². The van der Waals surface area contributed by atoms with Gasteiger partial charge in [0.25, 0.3) is 5.56 Å². The highest BCUT2D eigenvalue weighted by Crippen LogP contribution is 2.16. The number of carbonyl (C=O) groups is 1. The molecule has 0 unspecified atom stereocenters. The van der Waals surface area contributed by atoms with Gasteiger partial charge in [-0.1, -0.05) is 18.2 Å². The van der Waals surface area contributed by atoms with E-state index in [0.717, 1.165) is 36.3 Å². The quantitative estimate of drug-likeness (QED) is 0.748. The first kappa shape index (κ1) is 15.6. The van der Waals surface area contributed by atoms with Crippen LogP contribution in [0.5, 0.6) is 0 Å². The number of imidazole rings is 1. The maximum Gasteiger partial charge on any atom is 0.272 e. The molecule has 1 atom stereocenters. The van der Waals surface area contributed by atoms with Crippen LogP contribution >= 0.6 is 0 Å². The number of aromatic amines is 1. The molecule has 2 N–H and O–H groups in total. The van der Waals surface area contributed by atoms with Crippen molar-refractivity contribution >= 4 is 16.7 Å². The molecule has 3 heterocycles. The number of aromatic nitrogens is 4. The molecule has 1 aliphatic rings. The van der Waals surface area contributed by atoms with Gasteiger partial charge in [0, 0.05) is 30.6 Å². The zero-order chi connectivity index (χ0) is 17.4. The molecule has 25 heavy (non-hydrogen) atoms. The SMILES string of the molecule is Cc1cn2c(n1)CC[C@@H](NC(=O)Cc1n[nH]c(=O)c3ccccc13)C2. The van der Waals surface area contributed by atoms with Crippen LogP contribution in [0.4, 0.5) is 0 Å². The second-order valence-electron chi connectivity index (χ2n) is 6.48. The fourth-order valence-electron chi connectivity index (χ4n) is 3.44. The molecule has 1 amide bonds. The van der Waals surface area contributed by atoms with Gasteiger partial charge in [-0.2, -0.15) is 5.10 Å². The maximum absolute atomic E-state index is 12.5. The van der Waals surface area contributed by atoms with Crippen molar-refractivity contribution in [2.45, 2.75) is 38.8 Å². The third kappa shape index (κ3) is 3.05. The number of benzene rings is 1. The van der Waals surface area contributed by atoms with Crippen LogP contribution in [0, 0.1) is 6.92 Å². The van der Waals surface area contributed by atoms with Crippen molar-refractivity contribution < 1.29 is 4.79 Å². The maximum atomic E-state index is 12.5. The summed E-state index contributed by atoms with van der Waals surface area (Å²) in [4.78, 5) is 28.8. The second kappa shape index (κ2) is 6.16. The Morgan fingerprint density at radius 1 is 1.36 bits per heavy atom. The number of H-pyrrole nitrogens is 1. The van der Waals surface area contributed by atoms with Gasteiger partial charge in [0.15, 0.2) is 0 Å². The number of carbonyl (C=O) groups excluding carboxylic acids is 1. The molecule has 0 spiro atoms. The van der Waals surface area contributed by atoms with Crippen LogP contribution in [0.15, 0.2) is 35.3 Å². The number of hydrogen-bond acceptors (Lipinski definition) is 4. The predicted molar refractivity (Wildman–Crippen MR) is 93.3 cm³/mol. The molecule has 0 bridgehead atoms. The van der Waals surface area contributed by atoms with E-state index in [9.17, 15) is 9.59 Å². The first-order valence-electron chi connectivity index (χ1n) is 8.38. The summed E-state index contributed by atoms with van der Waals surface area (Å²) in [5, 5.41) is 10.9. The summed E-state index contributed by atoms with van der Waals surface area (Å²) in [7, 11) is 0. The summed E-state index contributed by atoms with van der Waals surface area (Å²) in [6.45, 7) is 2.72. The Morgan fingerprint density at radius 3 is 3.00 bits per heavy atom. The fraction of sp³-hybridized carbons (Fsp3) is 0.333. The number of aryl methyl sites for hydroxylation is 2. The molecule has 0 saturated carbocycles. The van der Waals surface area contributed by atoms with E-state index in [1.54, 1.807) is 12.1 Å². The first-order valence-corrected chi connectivity index (χ1v) is 8.38. The average molecular weight is 337 g/mol. The van der Waals surface area contributed by atoms with Crippen LogP contribution in [0.3, 0.4) is 0 Å². The minimum absolute atomic E-state index is 0.0858. The van der Waals surface area contributed by atoms with Crippen LogP contribution in [0.2, 0.25) is 0 Å². The molecule has 7 nitrogen and oxygen atoms in total. The zero-order valence-corrected chi connectivity index (χ0v) is 14.0. The van der Waals surface area contributed by atoms with Gasteiger partial charge in [-0.3, -0.25) is 9.59 Å². The molecule has 128 valence electrons. The highest BCUT2D eigenvalue weighted by molar-refractivity contribution is 5.88. The van der Waals surface area contributed by atoms with Gasteiger partial charge in [-0.15, -0.1) is 0 Å². The highest BCUT2D eigenvalue weighted by atomic mass is 16.1. The van der Waals surface area contributed by atoms with Gasteiger partial charge in [-0.05, 0) is 19.4 Å². The van der Waals surface area contributed by atoms with Crippen molar-refractivity contribution in [3.63, 3.8) is 0 Å². The number of nitrogens with zero attached hydrogens (tertiary/aromatic N) is 3. The van der Waals surface area contributed by atoms with Crippen molar-refractivity contribution in [1.29, 1.82) is 0 Å². The summed E-state index contributed by atoms with van der Waals surface area (Å²) >= 11 is 0. The first-order chi connectivity index (χ1) is 12.1. The van der Waals surface area contributed by atoms with Crippen molar-refractivity contribution in [1.82, 2.24) is 25.1 Å². The molecule has 0 saturated heterocycles. The topological polar surface area (TPSA) is 92.7 Å². The van der Waals surface area contributed by atoms with Gasteiger partial charge in [0.05, 0.1) is 23.2 Å². The molecule has 1 aliphatic heterocycles. The molecule has 0 aliphatic carbocycles. The van der Waals surface area contributed by atoms with E-state index in [2.05, 4.69) is 25.1 Å². The normalized spacial score (nSPS) is 16.6. The molecule has 2 aromatic heterocycles. The largest absolute Gasteiger partial charge is 0.351 e. The van der Waals surface area contributed by atoms with E-state index in [1.807, 2.05) is 25.3 Å². The van der Waals surface area contributed by atoms with Crippen molar-refractivity contribution in [3.05, 3.63) is 58.0 Å². The van der Waals surface area contributed by atoms with Gasteiger partial charge >= 0.3 is 0 Å². The minimum Gasteiger partial charge on any atom is -0.351 e. The van der Waals surface area contributed by atoms with Crippen LogP contribution < -0.4 is 10.9 Å². The van der Waals surface area contributed by atoms with Crippen LogP contribution in [0.1, 0.15) is 23.6 Å². The Labute approximate surface area is 144 Å². The number of rotatable bonds is 3. The molecule has 4 rings (SSSR count). The molecule has 1 aromatic carbocycles. The Balaban J connectivity index is 1.48. The number of amides is 1. The average Bonchev–Trinajstić information content (AvgIpc) is 2.97. The monoisotopic (exact) mass is 337 g/mol. The van der Waals surface area contributed by atoms with E-state index >= 15 is 0 Å². The number of nitrogens with one attached hydrogen (secondary N) is 2. The van der Waals surface area contributed by atoms with Crippen molar-refractivity contribution in [2.75, 3.05) is 0 Å². The zero-order valence-electron chi connectivity index (χ0n) is 14.0. The molecular formula is C18H19N5O2. The fourth-order valence-corrected chi connectivity index (χ4v) is 3.44. The summed E-state index contributed by atoms with van der Waals surface area (Å²) in [6.07, 6.45) is 3.90. The van der Waals surface area contributed by atoms with E-state index in [4.69, 9.17) is 0 Å². The Kier molecular flexibility index (Phi) is 3.83.